The molecule has 2 fully saturated rings. The van der Waals surface area contributed by atoms with E-state index in [1.807, 2.05) is 39.0 Å². The minimum atomic E-state index is -0.0326. The number of hydrogen-bond acceptors (Lipinski definition) is 6. The van der Waals surface area contributed by atoms with Crippen molar-refractivity contribution in [2.45, 2.75) is 65.1 Å². The van der Waals surface area contributed by atoms with Crippen molar-refractivity contribution in [3.05, 3.63) is 89.0 Å². The molecular formula is C32H40N6O2. The molecule has 1 unspecified atom stereocenters. The number of likely N-dealkylation sites (tertiary alicyclic amines) is 1. The van der Waals surface area contributed by atoms with Crippen molar-refractivity contribution >= 4 is 17.6 Å². The van der Waals surface area contributed by atoms with E-state index >= 15 is 0 Å². The van der Waals surface area contributed by atoms with Gasteiger partial charge in [-0.25, -0.2) is 0 Å². The topological polar surface area (TPSA) is 83.0 Å². The largest absolute Gasteiger partial charge is 0.462 e. The molecule has 8 nitrogen and oxygen atoms in total. The third-order valence-electron chi connectivity index (χ3n) is 8.10. The number of rotatable bonds is 8. The van der Waals surface area contributed by atoms with E-state index in [4.69, 9.17) is 9.73 Å². The fraction of sp³-hybridized carbons (Fsp3) is 0.438. The van der Waals surface area contributed by atoms with Crippen LogP contribution < -0.4 is 5.32 Å². The van der Waals surface area contributed by atoms with Gasteiger partial charge in [0.1, 0.15) is 6.61 Å². The van der Waals surface area contributed by atoms with Gasteiger partial charge in [0.25, 0.3) is 11.9 Å². The zero-order valence-electron chi connectivity index (χ0n) is 24.0. The summed E-state index contributed by atoms with van der Waals surface area (Å²) in [6.07, 6.45) is 6.49. The summed E-state index contributed by atoms with van der Waals surface area (Å²) in [6, 6.07) is 17.9. The maximum atomic E-state index is 12.9. The van der Waals surface area contributed by atoms with Gasteiger partial charge in [0.2, 0.25) is 0 Å². The van der Waals surface area contributed by atoms with Gasteiger partial charge in [-0.1, -0.05) is 30.3 Å². The number of amides is 1. The number of ether oxygens (including phenoxy) is 1. The third-order valence-corrected chi connectivity index (χ3v) is 8.10. The molecule has 0 radical (unpaired) electrons. The first kappa shape index (κ1) is 27.8. The van der Waals surface area contributed by atoms with Crippen LogP contribution in [0.2, 0.25) is 0 Å². The number of pyridine rings is 2. The number of amidine groups is 1. The van der Waals surface area contributed by atoms with Gasteiger partial charge in [-0.15, -0.1) is 0 Å². The summed E-state index contributed by atoms with van der Waals surface area (Å²) >= 11 is 0. The van der Waals surface area contributed by atoms with Crippen molar-refractivity contribution in [1.82, 2.24) is 25.1 Å². The number of nitrogens with one attached hydrogen (secondary N) is 1. The average Bonchev–Trinajstić information content (AvgIpc) is 3.37. The number of nitrogens with zero attached hydrogens (tertiary/aromatic N) is 5. The van der Waals surface area contributed by atoms with E-state index in [1.54, 1.807) is 12.4 Å². The van der Waals surface area contributed by atoms with Gasteiger partial charge in [0, 0.05) is 43.6 Å². The van der Waals surface area contributed by atoms with Crippen LogP contribution in [0, 0.1) is 20.8 Å². The Balaban J connectivity index is 1.19. The summed E-state index contributed by atoms with van der Waals surface area (Å²) < 4.78 is 6.19. The van der Waals surface area contributed by atoms with Crippen LogP contribution in [0.5, 0.6) is 0 Å². The lowest BCUT2D eigenvalue weighted by Gasteiger charge is -2.41. The van der Waals surface area contributed by atoms with Gasteiger partial charge in [-0.05, 0) is 76.3 Å². The Hall–Kier alpha value is -3.78. The molecule has 2 aliphatic rings. The minimum absolute atomic E-state index is 0.0326. The van der Waals surface area contributed by atoms with Crippen LogP contribution in [0.4, 0.5) is 5.69 Å². The summed E-state index contributed by atoms with van der Waals surface area (Å²) in [5, 5.41) is 3.13. The maximum absolute atomic E-state index is 12.9. The summed E-state index contributed by atoms with van der Waals surface area (Å²) in [4.78, 5) is 31.3. The van der Waals surface area contributed by atoms with E-state index in [1.165, 1.54) is 5.56 Å². The summed E-state index contributed by atoms with van der Waals surface area (Å²) in [5.74, 6) is -0.0326. The Labute approximate surface area is 237 Å². The highest BCUT2D eigenvalue weighted by Crippen LogP contribution is 2.34. The van der Waals surface area contributed by atoms with E-state index in [0.29, 0.717) is 36.8 Å². The molecule has 0 bridgehead atoms. The number of benzene rings is 1. The van der Waals surface area contributed by atoms with Gasteiger partial charge in [0.15, 0.2) is 0 Å². The number of hydrogen-bond donors (Lipinski definition) is 1. The van der Waals surface area contributed by atoms with Crippen molar-refractivity contribution in [2.75, 3.05) is 26.2 Å². The van der Waals surface area contributed by atoms with Crippen molar-refractivity contribution in [2.24, 2.45) is 4.99 Å². The van der Waals surface area contributed by atoms with E-state index < -0.39 is 0 Å². The number of aromatic nitrogens is 2. The highest BCUT2D eigenvalue weighted by molar-refractivity contribution is 5.96. The lowest BCUT2D eigenvalue weighted by atomic mass is 9.98. The SMILES string of the molecule is Cc1cc(C)c(C(=O)NCCC(C)N2CCC(N3C(=Nc4cccnc4)OC[C@H]3c3ccccc3)CC2)c(C)n1. The molecule has 2 aromatic heterocycles. The molecule has 0 saturated carbocycles. The molecule has 1 amide bonds. The van der Waals surface area contributed by atoms with E-state index in [9.17, 15) is 4.79 Å². The van der Waals surface area contributed by atoms with Crippen LogP contribution in [0.15, 0.2) is 65.9 Å². The van der Waals surface area contributed by atoms with Crippen molar-refractivity contribution in [3.63, 3.8) is 0 Å². The molecule has 2 saturated heterocycles. The number of aryl methyl sites for hydroxylation is 3. The Kier molecular flexibility index (Phi) is 8.75. The number of carbonyl (C=O) groups is 1. The standard InChI is InChI=1S/C32H40N6O2/c1-22-19-23(2)35-25(4)30(22)31(39)34-16-12-24(3)37-17-13-28(14-18-37)38-29(26-9-6-5-7-10-26)21-40-32(38)36-27-11-8-15-33-20-27/h5-11,15,19-20,24,28-29H,12-14,16-18,21H2,1-4H3,(H,34,39)/t24?,29-/m0/s1. The fourth-order valence-corrected chi connectivity index (χ4v) is 6.04. The van der Waals surface area contributed by atoms with E-state index in [-0.39, 0.29) is 11.9 Å². The van der Waals surface area contributed by atoms with Gasteiger partial charge in [0.05, 0.1) is 29.2 Å². The van der Waals surface area contributed by atoms with Crippen LogP contribution in [-0.2, 0) is 4.74 Å². The van der Waals surface area contributed by atoms with Crippen molar-refractivity contribution in [3.8, 4) is 0 Å². The monoisotopic (exact) mass is 540 g/mol. The Morgan fingerprint density at radius 3 is 2.60 bits per heavy atom. The molecule has 3 aromatic rings. The molecule has 0 aliphatic carbocycles. The molecule has 210 valence electrons. The van der Waals surface area contributed by atoms with Crippen LogP contribution >= 0.6 is 0 Å². The molecule has 40 heavy (non-hydrogen) atoms. The Morgan fingerprint density at radius 1 is 1.12 bits per heavy atom. The Morgan fingerprint density at radius 2 is 1.90 bits per heavy atom. The third kappa shape index (κ3) is 6.33. The smallest absolute Gasteiger partial charge is 0.293 e. The fourth-order valence-electron chi connectivity index (χ4n) is 6.04. The van der Waals surface area contributed by atoms with Gasteiger partial charge in [-0.3, -0.25) is 14.8 Å². The van der Waals surface area contributed by atoms with Crippen molar-refractivity contribution in [1.29, 1.82) is 0 Å². The quantitative estimate of drug-likeness (QED) is 0.426. The molecule has 2 aliphatic heterocycles. The summed E-state index contributed by atoms with van der Waals surface area (Å²) in [5.41, 5.74) is 5.45. The van der Waals surface area contributed by atoms with Crippen molar-refractivity contribution < 1.29 is 9.53 Å². The lowest BCUT2D eigenvalue weighted by Crippen LogP contribution is -2.49. The molecule has 1 aromatic carbocycles. The van der Waals surface area contributed by atoms with Crippen LogP contribution in [0.1, 0.15) is 65.1 Å². The minimum Gasteiger partial charge on any atom is -0.462 e. The first-order valence-corrected chi connectivity index (χ1v) is 14.3. The first-order chi connectivity index (χ1) is 19.4. The number of aliphatic imine (C=N–C) groups is 1. The second kappa shape index (κ2) is 12.6. The molecule has 4 heterocycles. The number of carbonyl (C=O) groups excluding carboxylic acids is 1. The van der Waals surface area contributed by atoms with E-state index in [2.05, 4.69) is 62.3 Å². The highest BCUT2D eigenvalue weighted by Gasteiger charge is 2.39. The normalized spacial score (nSPS) is 19.9. The highest BCUT2D eigenvalue weighted by atomic mass is 16.5. The lowest BCUT2D eigenvalue weighted by molar-refractivity contribution is 0.0930. The predicted octanol–water partition coefficient (Wildman–Crippen LogP) is 5.14. The summed E-state index contributed by atoms with van der Waals surface area (Å²) in [7, 11) is 0. The second-order valence-corrected chi connectivity index (χ2v) is 11.0. The van der Waals surface area contributed by atoms with Gasteiger partial charge in [-0.2, -0.15) is 4.99 Å². The molecule has 0 spiro atoms. The molecule has 1 N–H and O–H groups in total. The average molecular weight is 541 g/mol. The van der Waals surface area contributed by atoms with E-state index in [0.717, 1.165) is 55.0 Å². The summed E-state index contributed by atoms with van der Waals surface area (Å²) in [6.45, 7) is 11.3. The van der Waals surface area contributed by atoms with Crippen LogP contribution in [0.25, 0.3) is 0 Å². The zero-order chi connectivity index (χ0) is 28.1. The Bertz CT molecular complexity index is 1300. The number of piperidine rings is 1. The predicted molar refractivity (Wildman–Crippen MR) is 158 cm³/mol. The zero-order valence-corrected chi connectivity index (χ0v) is 24.0. The van der Waals surface area contributed by atoms with Gasteiger partial charge >= 0.3 is 0 Å². The first-order valence-electron chi connectivity index (χ1n) is 14.3. The van der Waals surface area contributed by atoms with Crippen LogP contribution in [-0.4, -0.2) is 70.0 Å². The molecule has 2 atom stereocenters. The second-order valence-electron chi connectivity index (χ2n) is 11.0. The molecule has 5 rings (SSSR count). The van der Waals surface area contributed by atoms with Crippen LogP contribution in [0.3, 0.4) is 0 Å². The molecule has 8 heteroatoms. The van der Waals surface area contributed by atoms with Gasteiger partial charge < -0.3 is 19.9 Å². The molecular weight excluding hydrogens is 500 g/mol. The maximum Gasteiger partial charge on any atom is 0.293 e.